The number of phenolic OH excluding ortho intramolecular Hbond substituents is 1. The summed E-state index contributed by atoms with van der Waals surface area (Å²) in [7, 11) is 0. The molecule has 0 saturated carbocycles. The van der Waals surface area contributed by atoms with Crippen LogP contribution in [-0.2, 0) is 22.7 Å². The quantitative estimate of drug-likeness (QED) is 0.152. The lowest BCUT2D eigenvalue weighted by Crippen LogP contribution is -2.37. The zero-order valence-electron chi connectivity index (χ0n) is 29.7. The van der Waals surface area contributed by atoms with E-state index < -0.39 is 11.2 Å². The van der Waals surface area contributed by atoms with E-state index in [4.69, 9.17) is 18.9 Å². The number of hydrogen-bond acceptors (Lipinski definition) is 7. The number of hydrogen-bond donors (Lipinski definition) is 1. The molecule has 0 saturated heterocycles. The highest BCUT2D eigenvalue weighted by molar-refractivity contribution is 5.90. The predicted molar refractivity (Wildman–Crippen MR) is 191 cm³/mol. The van der Waals surface area contributed by atoms with Crippen LogP contribution in [0.15, 0.2) is 90.0 Å². The average Bonchev–Trinajstić information content (AvgIpc) is 3.06. The third kappa shape index (κ3) is 9.78. The molecule has 0 bridgehead atoms. The molecule has 2 aliphatic carbocycles. The average molecular weight is 667 g/mol. The second kappa shape index (κ2) is 15.4. The Balaban J connectivity index is 1.10. The minimum absolute atomic E-state index is 0.105. The standard InChI is InChI=1S/C42H50O7/c1-28-7-15-34(16-8-28)41(3,4)48-39(44)32-11-19-37(20-12-32)46-26-30-23-31(25-36(43)24-30)27-47-38-21-13-33(14-22-38)40(45)49-42(5,6)35-17-9-29(2)10-18-35/h7,9,11-14,19-25,34-35,43H,8,10,15-18,26-27H2,1-6H3. The molecular formula is C42H50O7. The van der Waals surface area contributed by atoms with Crippen LogP contribution in [0, 0.1) is 11.8 Å². The van der Waals surface area contributed by atoms with E-state index in [1.807, 2.05) is 33.8 Å². The van der Waals surface area contributed by atoms with Crippen molar-refractivity contribution in [3.05, 3.63) is 112 Å². The van der Waals surface area contributed by atoms with Crippen molar-refractivity contribution in [2.75, 3.05) is 0 Å². The van der Waals surface area contributed by atoms with E-state index in [2.05, 4.69) is 26.0 Å². The molecule has 0 fully saturated rings. The van der Waals surface area contributed by atoms with E-state index in [-0.39, 0.29) is 30.9 Å². The first-order valence-corrected chi connectivity index (χ1v) is 17.3. The smallest absolute Gasteiger partial charge is 0.338 e. The Morgan fingerprint density at radius 1 is 0.653 bits per heavy atom. The summed E-state index contributed by atoms with van der Waals surface area (Å²) in [6, 6.07) is 19.0. The summed E-state index contributed by atoms with van der Waals surface area (Å²) < 4.78 is 23.8. The summed E-state index contributed by atoms with van der Waals surface area (Å²) in [5.41, 5.74) is 4.17. The second-order valence-corrected chi connectivity index (χ2v) is 14.7. The lowest BCUT2D eigenvalue weighted by Gasteiger charge is -2.35. The molecule has 3 aromatic rings. The van der Waals surface area contributed by atoms with Crippen molar-refractivity contribution < 1.29 is 33.6 Å². The van der Waals surface area contributed by atoms with Crippen molar-refractivity contribution >= 4 is 11.9 Å². The van der Waals surface area contributed by atoms with Crippen molar-refractivity contribution in [3.8, 4) is 17.2 Å². The highest BCUT2D eigenvalue weighted by Gasteiger charge is 2.35. The zero-order chi connectivity index (χ0) is 35.2. The van der Waals surface area contributed by atoms with Crippen molar-refractivity contribution in [1.29, 1.82) is 0 Å². The topological polar surface area (TPSA) is 91.3 Å². The normalized spacial score (nSPS) is 18.2. The molecule has 0 amide bonds. The van der Waals surface area contributed by atoms with Crippen molar-refractivity contribution in [3.63, 3.8) is 0 Å². The third-order valence-electron chi connectivity index (χ3n) is 9.98. The Kier molecular flexibility index (Phi) is 11.2. The maximum Gasteiger partial charge on any atom is 0.338 e. The first kappa shape index (κ1) is 35.8. The summed E-state index contributed by atoms with van der Waals surface area (Å²) >= 11 is 0. The summed E-state index contributed by atoms with van der Waals surface area (Å²) in [4.78, 5) is 25.8. The predicted octanol–water partition coefficient (Wildman–Crippen LogP) is 9.91. The van der Waals surface area contributed by atoms with Gasteiger partial charge in [-0.05, 0) is 158 Å². The van der Waals surface area contributed by atoms with Gasteiger partial charge in [-0.3, -0.25) is 0 Å². The fourth-order valence-corrected chi connectivity index (χ4v) is 6.57. The van der Waals surface area contributed by atoms with Crippen molar-refractivity contribution in [1.82, 2.24) is 0 Å². The molecule has 1 N–H and O–H groups in total. The highest BCUT2D eigenvalue weighted by atomic mass is 16.6. The number of esters is 2. The molecule has 7 heteroatoms. The number of phenols is 1. The Labute approximate surface area is 290 Å². The maximum absolute atomic E-state index is 12.9. The number of ether oxygens (including phenoxy) is 4. The molecule has 260 valence electrons. The summed E-state index contributed by atoms with van der Waals surface area (Å²) in [5, 5.41) is 10.4. The number of carbonyl (C=O) groups excluding carboxylic acids is 2. The van der Waals surface area contributed by atoms with Crippen LogP contribution in [0.4, 0.5) is 0 Å². The molecule has 5 rings (SSSR count). The summed E-state index contributed by atoms with van der Waals surface area (Å²) in [5.74, 6) is 1.19. The van der Waals surface area contributed by atoms with Gasteiger partial charge in [0.15, 0.2) is 0 Å². The van der Waals surface area contributed by atoms with Crippen LogP contribution in [0.3, 0.4) is 0 Å². The first-order chi connectivity index (χ1) is 23.3. The highest BCUT2D eigenvalue weighted by Crippen LogP contribution is 2.36. The van der Waals surface area contributed by atoms with Gasteiger partial charge in [-0.1, -0.05) is 23.3 Å². The molecule has 2 atom stereocenters. The Morgan fingerprint density at radius 3 is 1.39 bits per heavy atom. The summed E-state index contributed by atoms with van der Waals surface area (Å²) in [6.45, 7) is 12.7. The van der Waals surface area contributed by atoms with Gasteiger partial charge >= 0.3 is 11.9 Å². The van der Waals surface area contributed by atoms with Gasteiger partial charge in [0.1, 0.15) is 41.7 Å². The first-order valence-electron chi connectivity index (χ1n) is 17.3. The van der Waals surface area contributed by atoms with Gasteiger partial charge in [-0.2, -0.15) is 0 Å². The second-order valence-electron chi connectivity index (χ2n) is 14.7. The molecular weight excluding hydrogens is 616 g/mol. The minimum Gasteiger partial charge on any atom is -0.508 e. The lowest BCUT2D eigenvalue weighted by molar-refractivity contribution is -0.0332. The third-order valence-corrected chi connectivity index (χ3v) is 9.98. The van der Waals surface area contributed by atoms with Gasteiger partial charge < -0.3 is 24.1 Å². The van der Waals surface area contributed by atoms with Gasteiger partial charge in [0.2, 0.25) is 0 Å². The van der Waals surface area contributed by atoms with E-state index in [0.29, 0.717) is 34.5 Å². The molecule has 7 nitrogen and oxygen atoms in total. The number of aromatic hydroxyl groups is 1. The van der Waals surface area contributed by atoms with E-state index in [1.54, 1.807) is 60.7 Å². The van der Waals surface area contributed by atoms with Crippen LogP contribution < -0.4 is 9.47 Å². The van der Waals surface area contributed by atoms with Crippen LogP contribution in [-0.4, -0.2) is 28.2 Å². The number of benzene rings is 3. The number of carbonyl (C=O) groups is 2. The Bertz CT molecular complexity index is 1560. The maximum atomic E-state index is 12.9. The van der Waals surface area contributed by atoms with Gasteiger partial charge in [0.25, 0.3) is 0 Å². The monoisotopic (exact) mass is 666 g/mol. The SMILES string of the molecule is CC1=CCC(C(C)(C)OC(=O)c2ccc(OCc3cc(O)cc(COc4ccc(C(=O)OC(C)(C)C5CC=C(C)CC5)cc4)c3)cc2)CC1. The summed E-state index contributed by atoms with van der Waals surface area (Å²) in [6.07, 6.45) is 10.4. The van der Waals surface area contributed by atoms with Crippen molar-refractivity contribution in [2.45, 2.75) is 104 Å². The number of rotatable bonds is 12. The molecule has 2 unspecified atom stereocenters. The Morgan fingerprint density at radius 2 is 1.04 bits per heavy atom. The number of allylic oxidation sites excluding steroid dienone is 4. The minimum atomic E-state index is -0.555. The Hall–Kier alpha value is -4.52. The molecule has 0 aliphatic heterocycles. The van der Waals surface area contributed by atoms with Gasteiger partial charge in [0.05, 0.1) is 11.1 Å². The van der Waals surface area contributed by atoms with Crippen LogP contribution in [0.1, 0.15) is 112 Å². The fourth-order valence-electron chi connectivity index (χ4n) is 6.57. The van der Waals surface area contributed by atoms with Crippen LogP contribution >= 0.6 is 0 Å². The fraction of sp³-hybridized carbons (Fsp3) is 0.429. The molecule has 0 heterocycles. The van der Waals surface area contributed by atoms with E-state index >= 15 is 0 Å². The van der Waals surface area contributed by atoms with E-state index in [0.717, 1.165) is 49.7 Å². The molecule has 49 heavy (non-hydrogen) atoms. The molecule has 3 aromatic carbocycles. The van der Waals surface area contributed by atoms with E-state index in [9.17, 15) is 14.7 Å². The van der Waals surface area contributed by atoms with Crippen LogP contribution in [0.5, 0.6) is 17.2 Å². The van der Waals surface area contributed by atoms with Crippen LogP contribution in [0.25, 0.3) is 0 Å². The molecule has 0 spiro atoms. The molecule has 2 aliphatic rings. The molecule has 0 aromatic heterocycles. The largest absolute Gasteiger partial charge is 0.508 e. The van der Waals surface area contributed by atoms with Gasteiger partial charge in [0, 0.05) is 11.8 Å². The van der Waals surface area contributed by atoms with Crippen molar-refractivity contribution in [2.24, 2.45) is 11.8 Å². The van der Waals surface area contributed by atoms with Gasteiger partial charge in [-0.25, -0.2) is 9.59 Å². The molecule has 0 radical (unpaired) electrons. The lowest BCUT2D eigenvalue weighted by atomic mass is 9.79. The van der Waals surface area contributed by atoms with E-state index in [1.165, 1.54) is 11.1 Å². The van der Waals surface area contributed by atoms with Gasteiger partial charge in [-0.15, -0.1) is 0 Å². The zero-order valence-corrected chi connectivity index (χ0v) is 29.7. The van der Waals surface area contributed by atoms with Crippen LogP contribution in [0.2, 0.25) is 0 Å².